The van der Waals surface area contributed by atoms with E-state index in [0.717, 1.165) is 29.0 Å². The molecule has 5 nitrogen and oxygen atoms in total. The molecule has 1 aliphatic rings. The number of carbonyl (C=O) groups is 2. The summed E-state index contributed by atoms with van der Waals surface area (Å²) in [5.41, 5.74) is 3.25. The lowest BCUT2D eigenvalue weighted by atomic mass is 9.98. The maximum absolute atomic E-state index is 13.1. The molecule has 5 heteroatoms. The summed E-state index contributed by atoms with van der Waals surface area (Å²) in [5.74, 6) is 0.681. The summed E-state index contributed by atoms with van der Waals surface area (Å²) in [6.45, 7) is 0.697. The number of ether oxygens (including phenoxy) is 1. The Hall–Kier alpha value is -3.60. The minimum atomic E-state index is -0.304. The van der Waals surface area contributed by atoms with Gasteiger partial charge in [0.25, 0.3) is 5.91 Å². The van der Waals surface area contributed by atoms with Crippen LogP contribution < -0.4 is 15.0 Å². The Morgan fingerprint density at radius 2 is 1.70 bits per heavy atom. The van der Waals surface area contributed by atoms with Gasteiger partial charge in [-0.15, -0.1) is 0 Å². The SMILES string of the molecule is COc1ccc(C(NC(=O)c2cccc(N3CCCC3=O)c2)c2ccccc2)cc1. The van der Waals surface area contributed by atoms with Crippen molar-refractivity contribution in [1.29, 1.82) is 0 Å². The Labute approximate surface area is 176 Å². The predicted octanol–water partition coefficient (Wildman–Crippen LogP) is 4.34. The van der Waals surface area contributed by atoms with Crippen molar-refractivity contribution in [1.82, 2.24) is 5.32 Å². The molecule has 0 radical (unpaired) electrons. The van der Waals surface area contributed by atoms with Crippen LogP contribution in [-0.4, -0.2) is 25.5 Å². The first-order chi connectivity index (χ1) is 14.7. The summed E-state index contributed by atoms with van der Waals surface area (Å²) in [6, 6.07) is 24.5. The number of hydrogen-bond donors (Lipinski definition) is 1. The highest BCUT2D eigenvalue weighted by molar-refractivity contribution is 5.99. The summed E-state index contributed by atoms with van der Waals surface area (Å²) in [4.78, 5) is 27.0. The largest absolute Gasteiger partial charge is 0.497 e. The van der Waals surface area contributed by atoms with Gasteiger partial charge in [-0.1, -0.05) is 48.5 Å². The van der Waals surface area contributed by atoms with E-state index in [1.807, 2.05) is 66.7 Å². The van der Waals surface area contributed by atoms with Crippen LogP contribution in [0.5, 0.6) is 5.75 Å². The molecule has 0 aromatic heterocycles. The van der Waals surface area contributed by atoms with Crippen molar-refractivity contribution in [3.63, 3.8) is 0 Å². The Bertz CT molecular complexity index is 1030. The van der Waals surface area contributed by atoms with Gasteiger partial charge in [0.15, 0.2) is 0 Å². The lowest BCUT2D eigenvalue weighted by Gasteiger charge is -2.21. The standard InChI is InChI=1S/C25H24N2O3/c1-30-22-14-12-19(13-15-22)24(18-7-3-2-4-8-18)26-25(29)20-9-5-10-21(17-20)27-16-6-11-23(27)28/h2-5,7-10,12-15,17,24H,6,11,16H2,1H3,(H,26,29). The lowest BCUT2D eigenvalue weighted by Crippen LogP contribution is -2.30. The zero-order chi connectivity index (χ0) is 20.9. The summed E-state index contributed by atoms with van der Waals surface area (Å²) >= 11 is 0. The smallest absolute Gasteiger partial charge is 0.252 e. The zero-order valence-electron chi connectivity index (χ0n) is 16.9. The monoisotopic (exact) mass is 400 g/mol. The first-order valence-corrected chi connectivity index (χ1v) is 10.1. The van der Waals surface area contributed by atoms with Crippen molar-refractivity contribution < 1.29 is 14.3 Å². The summed E-state index contributed by atoms with van der Waals surface area (Å²) in [5, 5.41) is 3.15. The molecule has 0 spiro atoms. The van der Waals surface area contributed by atoms with Gasteiger partial charge in [0.2, 0.25) is 5.91 Å². The van der Waals surface area contributed by atoms with Crippen molar-refractivity contribution in [2.24, 2.45) is 0 Å². The number of methoxy groups -OCH3 is 1. The molecule has 1 N–H and O–H groups in total. The van der Waals surface area contributed by atoms with Crippen LogP contribution in [0, 0.1) is 0 Å². The van der Waals surface area contributed by atoms with Crippen LogP contribution in [0.25, 0.3) is 0 Å². The molecule has 1 heterocycles. The van der Waals surface area contributed by atoms with Crippen molar-refractivity contribution >= 4 is 17.5 Å². The molecule has 0 bridgehead atoms. The molecule has 3 aromatic rings. The number of nitrogens with zero attached hydrogens (tertiary/aromatic N) is 1. The van der Waals surface area contributed by atoms with E-state index < -0.39 is 0 Å². The predicted molar refractivity (Wildman–Crippen MR) is 117 cm³/mol. The highest BCUT2D eigenvalue weighted by Gasteiger charge is 2.23. The maximum atomic E-state index is 13.1. The molecule has 1 aliphatic heterocycles. The minimum Gasteiger partial charge on any atom is -0.497 e. The van der Waals surface area contributed by atoms with Crippen molar-refractivity contribution in [2.45, 2.75) is 18.9 Å². The fourth-order valence-corrected chi connectivity index (χ4v) is 3.75. The van der Waals surface area contributed by atoms with Crippen LogP contribution in [0.1, 0.15) is 40.4 Å². The first kappa shape index (κ1) is 19.7. The lowest BCUT2D eigenvalue weighted by molar-refractivity contribution is -0.117. The van der Waals surface area contributed by atoms with Crippen LogP contribution in [0.15, 0.2) is 78.9 Å². The van der Waals surface area contributed by atoms with Crippen LogP contribution >= 0.6 is 0 Å². The number of amides is 2. The average molecular weight is 400 g/mol. The number of carbonyl (C=O) groups excluding carboxylic acids is 2. The molecule has 0 aliphatic carbocycles. The van der Waals surface area contributed by atoms with E-state index in [0.29, 0.717) is 18.5 Å². The average Bonchev–Trinajstić information content (AvgIpc) is 3.24. The normalized spacial score (nSPS) is 14.4. The van der Waals surface area contributed by atoms with Crippen molar-refractivity contribution in [3.8, 4) is 5.75 Å². The van der Waals surface area contributed by atoms with Crippen LogP contribution in [0.3, 0.4) is 0 Å². The highest BCUT2D eigenvalue weighted by atomic mass is 16.5. The van der Waals surface area contributed by atoms with Crippen molar-refractivity contribution in [2.75, 3.05) is 18.6 Å². The van der Waals surface area contributed by atoms with Gasteiger partial charge in [-0.2, -0.15) is 0 Å². The van der Waals surface area contributed by atoms with E-state index >= 15 is 0 Å². The maximum Gasteiger partial charge on any atom is 0.252 e. The van der Waals surface area contributed by atoms with Crippen LogP contribution in [0.4, 0.5) is 5.69 Å². The van der Waals surface area contributed by atoms with E-state index in [-0.39, 0.29) is 17.9 Å². The second kappa shape index (κ2) is 8.82. The summed E-state index contributed by atoms with van der Waals surface area (Å²) in [6.07, 6.45) is 1.41. The van der Waals surface area contributed by atoms with E-state index in [4.69, 9.17) is 4.74 Å². The highest BCUT2D eigenvalue weighted by Crippen LogP contribution is 2.26. The van der Waals surface area contributed by atoms with Crippen LogP contribution in [-0.2, 0) is 4.79 Å². The Balaban J connectivity index is 1.61. The van der Waals surface area contributed by atoms with Gasteiger partial charge < -0.3 is 15.0 Å². The second-order valence-electron chi connectivity index (χ2n) is 7.29. The molecule has 30 heavy (non-hydrogen) atoms. The number of hydrogen-bond acceptors (Lipinski definition) is 3. The molecular weight excluding hydrogens is 376 g/mol. The molecule has 1 fully saturated rings. The molecule has 1 saturated heterocycles. The minimum absolute atomic E-state index is 0.105. The molecule has 0 saturated carbocycles. The van der Waals surface area contributed by atoms with E-state index in [2.05, 4.69) is 5.32 Å². The molecule has 2 amide bonds. The summed E-state index contributed by atoms with van der Waals surface area (Å²) < 4.78 is 5.26. The fraction of sp³-hybridized carbons (Fsp3) is 0.200. The molecular formula is C25H24N2O3. The third-order valence-electron chi connectivity index (χ3n) is 5.35. The number of anilines is 1. The number of rotatable bonds is 6. The molecule has 3 aromatic carbocycles. The van der Waals surface area contributed by atoms with Gasteiger partial charge in [0.1, 0.15) is 5.75 Å². The van der Waals surface area contributed by atoms with Gasteiger partial charge in [0.05, 0.1) is 13.2 Å². The van der Waals surface area contributed by atoms with E-state index in [1.54, 1.807) is 24.1 Å². The first-order valence-electron chi connectivity index (χ1n) is 10.1. The molecule has 152 valence electrons. The summed E-state index contributed by atoms with van der Waals surface area (Å²) in [7, 11) is 1.63. The van der Waals surface area contributed by atoms with Gasteiger partial charge >= 0.3 is 0 Å². The Morgan fingerprint density at radius 1 is 0.967 bits per heavy atom. The molecule has 1 unspecified atom stereocenters. The number of nitrogens with one attached hydrogen (secondary N) is 1. The van der Waals surface area contributed by atoms with E-state index in [1.165, 1.54) is 0 Å². The quantitative estimate of drug-likeness (QED) is 0.670. The second-order valence-corrected chi connectivity index (χ2v) is 7.29. The Morgan fingerprint density at radius 3 is 2.37 bits per heavy atom. The van der Waals surface area contributed by atoms with Gasteiger partial charge in [-0.25, -0.2) is 0 Å². The third kappa shape index (κ3) is 4.20. The van der Waals surface area contributed by atoms with Gasteiger partial charge in [0, 0.05) is 24.2 Å². The van der Waals surface area contributed by atoms with Crippen LogP contribution in [0.2, 0.25) is 0 Å². The Kier molecular flexibility index (Phi) is 5.80. The molecule has 4 rings (SSSR count). The third-order valence-corrected chi connectivity index (χ3v) is 5.35. The van der Waals surface area contributed by atoms with Gasteiger partial charge in [-0.3, -0.25) is 9.59 Å². The van der Waals surface area contributed by atoms with Gasteiger partial charge in [-0.05, 0) is 47.9 Å². The number of benzene rings is 3. The van der Waals surface area contributed by atoms with E-state index in [9.17, 15) is 9.59 Å². The molecule has 1 atom stereocenters. The zero-order valence-corrected chi connectivity index (χ0v) is 16.9. The topological polar surface area (TPSA) is 58.6 Å². The fourth-order valence-electron chi connectivity index (χ4n) is 3.75. The van der Waals surface area contributed by atoms with Crippen molar-refractivity contribution in [3.05, 3.63) is 95.6 Å².